The zero-order valence-corrected chi connectivity index (χ0v) is 14.9. The van der Waals surface area contributed by atoms with Gasteiger partial charge >= 0.3 is 5.97 Å². The molecule has 1 aliphatic heterocycles. The minimum absolute atomic E-state index is 0.0796. The largest absolute Gasteiger partial charge is 0.457 e. The molecule has 2 aromatic rings. The first-order valence-corrected chi connectivity index (χ1v) is 9.62. The molecule has 0 saturated heterocycles. The molecule has 0 radical (unpaired) electrons. The number of benzene rings is 2. The first-order chi connectivity index (χ1) is 11.3. The summed E-state index contributed by atoms with van der Waals surface area (Å²) in [7, 11) is -3.29. The van der Waals surface area contributed by atoms with Gasteiger partial charge in [0.1, 0.15) is 12.4 Å². The van der Waals surface area contributed by atoms with Crippen molar-refractivity contribution < 1.29 is 22.3 Å². The summed E-state index contributed by atoms with van der Waals surface area (Å²) in [6, 6.07) is 10.3. The number of hydrogen-bond acceptors (Lipinski definition) is 4. The Morgan fingerprint density at radius 1 is 1.12 bits per heavy atom. The van der Waals surface area contributed by atoms with Crippen LogP contribution in [0.5, 0.6) is 0 Å². The third kappa shape index (κ3) is 3.14. The summed E-state index contributed by atoms with van der Waals surface area (Å²) >= 11 is 3.26. The monoisotopic (exact) mass is 410 g/mol. The Hall–Kier alpha value is -1.99. The molecule has 3 rings (SSSR count). The highest BCUT2D eigenvalue weighted by molar-refractivity contribution is 9.10. The van der Waals surface area contributed by atoms with Crippen molar-refractivity contribution in [2.24, 2.45) is 0 Å². The number of rotatable bonds is 3. The quantitative estimate of drug-likeness (QED) is 0.726. The van der Waals surface area contributed by atoms with Crippen LogP contribution in [-0.2, 0) is 19.4 Å². The smallest absolute Gasteiger partial charge is 0.339 e. The summed E-state index contributed by atoms with van der Waals surface area (Å²) in [5, 5.41) is 0. The van der Waals surface area contributed by atoms with Crippen molar-refractivity contribution in [1.82, 2.24) is 0 Å². The van der Waals surface area contributed by atoms with E-state index in [4.69, 9.17) is 4.74 Å². The van der Waals surface area contributed by atoms with Crippen LogP contribution >= 0.6 is 15.9 Å². The Kier molecular flexibility index (Phi) is 4.31. The predicted octanol–water partition coefficient (Wildman–Crippen LogP) is 3.46. The van der Waals surface area contributed by atoms with E-state index >= 15 is 0 Å². The molecule has 0 amide bonds. The van der Waals surface area contributed by atoms with Crippen molar-refractivity contribution in [1.29, 1.82) is 0 Å². The van der Waals surface area contributed by atoms with Gasteiger partial charge in [0.2, 0.25) is 0 Å². The summed E-state index contributed by atoms with van der Waals surface area (Å²) in [5.41, 5.74) is 2.18. The molecular weight excluding hydrogens is 399 g/mol. The van der Waals surface area contributed by atoms with Gasteiger partial charge in [0.25, 0.3) is 0 Å². The van der Waals surface area contributed by atoms with Crippen molar-refractivity contribution in [3.8, 4) is 0 Å². The van der Waals surface area contributed by atoms with Crippen LogP contribution in [0.3, 0.4) is 0 Å². The molecule has 0 saturated carbocycles. The van der Waals surface area contributed by atoms with E-state index in [9.17, 15) is 17.6 Å². The number of carbonyl (C=O) groups is 1. The summed E-state index contributed by atoms with van der Waals surface area (Å²) in [6.45, 7) is 0.0796. The molecule has 0 aromatic heterocycles. The van der Waals surface area contributed by atoms with Crippen molar-refractivity contribution >= 4 is 42.9 Å². The van der Waals surface area contributed by atoms with Crippen LogP contribution in [0.15, 0.2) is 51.8 Å². The van der Waals surface area contributed by atoms with Crippen LogP contribution in [0.1, 0.15) is 11.1 Å². The van der Waals surface area contributed by atoms with E-state index in [0.29, 0.717) is 26.7 Å². The van der Waals surface area contributed by atoms with E-state index in [1.807, 2.05) is 0 Å². The molecular formula is C17H12BrFO4S. The molecule has 0 spiro atoms. The third-order valence-electron chi connectivity index (χ3n) is 3.68. The Bertz CT molecular complexity index is 963. The van der Waals surface area contributed by atoms with Crippen LogP contribution in [0.2, 0.25) is 0 Å². The topological polar surface area (TPSA) is 60.4 Å². The fourth-order valence-corrected chi connectivity index (χ4v) is 3.68. The van der Waals surface area contributed by atoms with Gasteiger partial charge in [-0.3, -0.25) is 0 Å². The van der Waals surface area contributed by atoms with Crippen LogP contribution < -0.4 is 0 Å². The van der Waals surface area contributed by atoms with Crippen molar-refractivity contribution in [2.75, 3.05) is 12.9 Å². The molecule has 0 bridgehead atoms. The van der Waals surface area contributed by atoms with Crippen LogP contribution in [0.4, 0.5) is 4.39 Å². The maximum Gasteiger partial charge on any atom is 0.339 e. The SMILES string of the molecule is CS(=O)(=O)c1ccc(C2=C(c3ccc(F)cc3Br)C(=O)OC2)cc1. The van der Waals surface area contributed by atoms with Crippen molar-refractivity contribution in [3.05, 3.63) is 63.9 Å². The van der Waals surface area contributed by atoms with Crippen LogP contribution in [-0.4, -0.2) is 27.2 Å². The molecule has 0 fully saturated rings. The van der Waals surface area contributed by atoms with Gasteiger partial charge in [-0.1, -0.05) is 34.1 Å². The molecule has 1 aliphatic rings. The minimum Gasteiger partial charge on any atom is -0.457 e. The second-order valence-electron chi connectivity index (χ2n) is 5.35. The molecule has 0 unspecified atom stereocenters. The zero-order chi connectivity index (χ0) is 17.5. The third-order valence-corrected chi connectivity index (χ3v) is 5.47. The molecule has 124 valence electrons. The maximum absolute atomic E-state index is 13.3. The Morgan fingerprint density at radius 2 is 1.79 bits per heavy atom. The van der Waals surface area contributed by atoms with Crippen molar-refractivity contribution in [3.63, 3.8) is 0 Å². The fourth-order valence-electron chi connectivity index (χ4n) is 2.50. The average molecular weight is 411 g/mol. The zero-order valence-electron chi connectivity index (χ0n) is 12.5. The molecule has 0 atom stereocenters. The van der Waals surface area contributed by atoms with Gasteiger partial charge < -0.3 is 4.74 Å². The van der Waals surface area contributed by atoms with Crippen molar-refractivity contribution in [2.45, 2.75) is 4.90 Å². The van der Waals surface area contributed by atoms with Crippen LogP contribution in [0, 0.1) is 5.82 Å². The number of esters is 1. The van der Waals surface area contributed by atoms with Gasteiger partial charge in [0.05, 0.1) is 10.5 Å². The highest BCUT2D eigenvalue weighted by Gasteiger charge is 2.28. The number of sulfone groups is 1. The molecule has 0 aliphatic carbocycles. The average Bonchev–Trinajstić information content (AvgIpc) is 2.88. The van der Waals surface area contributed by atoms with Gasteiger partial charge in [0.15, 0.2) is 9.84 Å². The number of carbonyl (C=O) groups excluding carboxylic acids is 1. The van der Waals surface area contributed by atoms with E-state index < -0.39 is 21.6 Å². The molecule has 7 heteroatoms. The van der Waals surface area contributed by atoms with E-state index in [1.165, 1.54) is 30.3 Å². The molecule has 24 heavy (non-hydrogen) atoms. The summed E-state index contributed by atoms with van der Waals surface area (Å²) in [4.78, 5) is 12.3. The molecule has 4 nitrogen and oxygen atoms in total. The Morgan fingerprint density at radius 3 is 2.38 bits per heavy atom. The minimum atomic E-state index is -3.29. The molecule has 2 aromatic carbocycles. The second-order valence-corrected chi connectivity index (χ2v) is 8.22. The Balaban J connectivity index is 2.13. The lowest BCUT2D eigenvalue weighted by Gasteiger charge is -2.07. The standard InChI is InChI=1S/C17H12BrFO4S/c1-24(21,22)12-5-2-10(3-6-12)14-9-23-17(20)16(14)13-7-4-11(19)8-15(13)18/h2-8H,9H2,1H3. The van der Waals surface area contributed by atoms with E-state index in [2.05, 4.69) is 15.9 Å². The normalized spacial score (nSPS) is 14.9. The van der Waals surface area contributed by atoms with E-state index in [0.717, 1.165) is 6.26 Å². The summed E-state index contributed by atoms with van der Waals surface area (Å²) in [5.74, 6) is -0.916. The molecule has 1 heterocycles. The summed E-state index contributed by atoms with van der Waals surface area (Å²) < 4.78 is 42.0. The highest BCUT2D eigenvalue weighted by atomic mass is 79.9. The molecule has 0 N–H and O–H groups in total. The van der Waals surface area contributed by atoms with E-state index in [1.54, 1.807) is 12.1 Å². The lowest BCUT2D eigenvalue weighted by molar-refractivity contribution is -0.133. The first-order valence-electron chi connectivity index (χ1n) is 6.93. The highest BCUT2D eigenvalue weighted by Crippen LogP contribution is 2.36. The van der Waals surface area contributed by atoms with Gasteiger partial charge in [0, 0.05) is 21.9 Å². The lowest BCUT2D eigenvalue weighted by Crippen LogP contribution is -2.00. The number of halogens is 2. The lowest BCUT2D eigenvalue weighted by atomic mass is 9.97. The second kappa shape index (κ2) is 6.14. The maximum atomic E-state index is 13.3. The van der Waals surface area contributed by atoms with Gasteiger partial charge in [-0.15, -0.1) is 0 Å². The van der Waals surface area contributed by atoms with Gasteiger partial charge in [-0.2, -0.15) is 0 Å². The number of ether oxygens (including phenoxy) is 1. The number of hydrogen-bond donors (Lipinski definition) is 0. The summed E-state index contributed by atoms with van der Waals surface area (Å²) in [6.07, 6.45) is 1.13. The first kappa shape index (κ1) is 16.9. The van der Waals surface area contributed by atoms with E-state index in [-0.39, 0.29) is 11.5 Å². The van der Waals surface area contributed by atoms with Gasteiger partial charge in [-0.25, -0.2) is 17.6 Å². The number of cyclic esters (lactones) is 1. The fraction of sp³-hybridized carbons (Fsp3) is 0.118. The Labute approximate surface area is 147 Å². The van der Waals surface area contributed by atoms with Crippen LogP contribution in [0.25, 0.3) is 11.1 Å². The predicted molar refractivity (Wildman–Crippen MR) is 91.4 cm³/mol. The van der Waals surface area contributed by atoms with Gasteiger partial charge in [-0.05, 0) is 29.8 Å².